The average molecular weight is 325 g/mol. The summed E-state index contributed by atoms with van der Waals surface area (Å²) in [5, 5.41) is 3.14. The Morgan fingerprint density at radius 1 is 1.37 bits per heavy atom. The highest BCUT2D eigenvalue weighted by atomic mass is 79.9. The Bertz CT molecular complexity index is 486. The van der Waals surface area contributed by atoms with Crippen LogP contribution in [0, 0.1) is 0 Å². The molecular formula is C14H17BrN2O2. The molecule has 2 amide bonds. The van der Waals surface area contributed by atoms with Crippen molar-refractivity contribution in [1.82, 2.24) is 10.2 Å². The number of fused-ring (bicyclic) bond motifs is 1. The van der Waals surface area contributed by atoms with Crippen molar-refractivity contribution < 1.29 is 9.53 Å². The maximum absolute atomic E-state index is 12.2. The molecule has 3 rings (SSSR count). The summed E-state index contributed by atoms with van der Waals surface area (Å²) in [6, 6.07) is 6.37. The van der Waals surface area contributed by atoms with Crippen LogP contribution in [0.1, 0.15) is 23.6 Å². The van der Waals surface area contributed by atoms with E-state index in [1.54, 1.807) is 0 Å². The zero-order valence-corrected chi connectivity index (χ0v) is 12.3. The summed E-state index contributed by atoms with van der Waals surface area (Å²) in [6.07, 6.45) is 2.00. The zero-order chi connectivity index (χ0) is 13.2. The maximum Gasteiger partial charge on any atom is 0.318 e. The van der Waals surface area contributed by atoms with E-state index in [0.29, 0.717) is 26.3 Å². The Morgan fingerprint density at radius 2 is 2.16 bits per heavy atom. The standard InChI is InChI=1S/C14H17BrN2O2/c15-12-3-1-2-11-10(12)4-5-13(11)16-14(18)17-6-8-19-9-7-17/h1-3,13H,4-9H2,(H,16,18)/t13-/m1/s1. The Hall–Kier alpha value is -1.07. The van der Waals surface area contributed by atoms with Crippen LogP contribution in [0.4, 0.5) is 4.79 Å². The van der Waals surface area contributed by atoms with Crippen LogP contribution in [-0.4, -0.2) is 37.2 Å². The zero-order valence-electron chi connectivity index (χ0n) is 10.7. The third-order valence-electron chi connectivity index (χ3n) is 3.81. The summed E-state index contributed by atoms with van der Waals surface area (Å²) >= 11 is 3.58. The Kier molecular flexibility index (Phi) is 3.75. The normalized spacial score (nSPS) is 22.2. The maximum atomic E-state index is 12.2. The van der Waals surface area contributed by atoms with Crippen LogP contribution in [-0.2, 0) is 11.2 Å². The van der Waals surface area contributed by atoms with Crippen molar-refractivity contribution in [2.45, 2.75) is 18.9 Å². The van der Waals surface area contributed by atoms with Crippen LogP contribution in [0.5, 0.6) is 0 Å². The van der Waals surface area contributed by atoms with Crippen molar-refractivity contribution >= 4 is 22.0 Å². The molecule has 1 aromatic rings. The second-order valence-corrected chi connectivity index (χ2v) is 5.80. The predicted octanol–water partition coefficient (Wildman–Crippen LogP) is 2.48. The first-order valence-corrected chi connectivity index (χ1v) is 7.45. The minimum atomic E-state index is 0.0288. The van der Waals surface area contributed by atoms with Gasteiger partial charge in [-0.2, -0.15) is 0 Å². The largest absolute Gasteiger partial charge is 0.378 e. The molecule has 102 valence electrons. The van der Waals surface area contributed by atoms with Crippen molar-refractivity contribution in [3.05, 3.63) is 33.8 Å². The third-order valence-corrected chi connectivity index (χ3v) is 4.55. The van der Waals surface area contributed by atoms with Crippen LogP contribution in [0.15, 0.2) is 22.7 Å². The lowest BCUT2D eigenvalue weighted by molar-refractivity contribution is 0.0525. The first-order chi connectivity index (χ1) is 9.25. The fraction of sp³-hybridized carbons (Fsp3) is 0.500. The number of hydrogen-bond donors (Lipinski definition) is 1. The second kappa shape index (κ2) is 5.51. The molecule has 1 N–H and O–H groups in total. The van der Waals surface area contributed by atoms with Crippen molar-refractivity contribution in [1.29, 1.82) is 0 Å². The summed E-state index contributed by atoms with van der Waals surface area (Å²) in [5.74, 6) is 0. The van der Waals surface area contributed by atoms with Gasteiger partial charge in [0.05, 0.1) is 19.3 Å². The molecule has 1 atom stereocenters. The van der Waals surface area contributed by atoms with Gasteiger partial charge in [-0.1, -0.05) is 28.1 Å². The van der Waals surface area contributed by atoms with E-state index in [0.717, 1.165) is 17.3 Å². The quantitative estimate of drug-likeness (QED) is 0.862. The van der Waals surface area contributed by atoms with E-state index < -0.39 is 0 Å². The molecule has 0 aromatic heterocycles. The topological polar surface area (TPSA) is 41.6 Å². The van der Waals surface area contributed by atoms with Gasteiger partial charge >= 0.3 is 6.03 Å². The van der Waals surface area contributed by atoms with Crippen LogP contribution in [0.3, 0.4) is 0 Å². The van der Waals surface area contributed by atoms with Gasteiger partial charge in [-0.25, -0.2) is 4.79 Å². The predicted molar refractivity (Wildman–Crippen MR) is 76.1 cm³/mol. The highest BCUT2D eigenvalue weighted by Crippen LogP contribution is 2.35. The van der Waals surface area contributed by atoms with Gasteiger partial charge in [0.25, 0.3) is 0 Å². The van der Waals surface area contributed by atoms with Gasteiger partial charge in [-0.15, -0.1) is 0 Å². The van der Waals surface area contributed by atoms with E-state index in [1.807, 2.05) is 11.0 Å². The summed E-state index contributed by atoms with van der Waals surface area (Å²) in [7, 11) is 0. The Balaban J connectivity index is 1.69. The molecule has 5 heteroatoms. The summed E-state index contributed by atoms with van der Waals surface area (Å²) in [4.78, 5) is 14.0. The van der Waals surface area contributed by atoms with E-state index in [4.69, 9.17) is 4.74 Å². The minimum absolute atomic E-state index is 0.0288. The highest BCUT2D eigenvalue weighted by molar-refractivity contribution is 9.10. The van der Waals surface area contributed by atoms with Crippen LogP contribution in [0.25, 0.3) is 0 Å². The number of rotatable bonds is 1. The number of amides is 2. The lowest BCUT2D eigenvalue weighted by Crippen LogP contribution is -2.46. The molecule has 1 fully saturated rings. The van der Waals surface area contributed by atoms with E-state index in [2.05, 4.69) is 33.4 Å². The molecule has 1 aliphatic heterocycles. The van der Waals surface area contributed by atoms with Gasteiger partial charge in [0.1, 0.15) is 0 Å². The van der Waals surface area contributed by atoms with Crippen LogP contribution >= 0.6 is 15.9 Å². The molecule has 19 heavy (non-hydrogen) atoms. The number of halogens is 1. The molecule has 0 radical (unpaired) electrons. The fourth-order valence-electron chi connectivity index (χ4n) is 2.77. The van der Waals surface area contributed by atoms with Crippen LogP contribution in [0.2, 0.25) is 0 Å². The molecule has 1 aromatic carbocycles. The van der Waals surface area contributed by atoms with Gasteiger partial charge in [-0.05, 0) is 30.0 Å². The number of morpholine rings is 1. The van der Waals surface area contributed by atoms with Gasteiger partial charge < -0.3 is 15.0 Å². The highest BCUT2D eigenvalue weighted by Gasteiger charge is 2.27. The van der Waals surface area contributed by atoms with Gasteiger partial charge in [-0.3, -0.25) is 0 Å². The van der Waals surface area contributed by atoms with Gasteiger partial charge in [0.15, 0.2) is 0 Å². The number of carbonyl (C=O) groups is 1. The number of hydrogen-bond acceptors (Lipinski definition) is 2. The molecule has 1 aliphatic carbocycles. The molecule has 1 heterocycles. The lowest BCUT2D eigenvalue weighted by Gasteiger charge is -2.28. The van der Waals surface area contributed by atoms with E-state index in [1.165, 1.54) is 11.1 Å². The molecule has 0 bridgehead atoms. The van der Waals surface area contributed by atoms with E-state index in [9.17, 15) is 4.79 Å². The summed E-state index contributed by atoms with van der Waals surface area (Å²) < 4.78 is 6.41. The number of benzene rings is 1. The molecule has 0 spiro atoms. The Morgan fingerprint density at radius 3 is 2.95 bits per heavy atom. The van der Waals surface area contributed by atoms with Crippen molar-refractivity contribution in [2.24, 2.45) is 0 Å². The molecule has 0 saturated carbocycles. The summed E-state index contributed by atoms with van der Waals surface area (Å²) in [6.45, 7) is 2.65. The SMILES string of the molecule is O=C(N[C@@H]1CCc2c(Br)cccc21)N1CCOCC1. The number of ether oxygens (including phenoxy) is 1. The smallest absolute Gasteiger partial charge is 0.318 e. The Labute approximate surface area is 121 Å². The van der Waals surface area contributed by atoms with E-state index >= 15 is 0 Å². The van der Waals surface area contributed by atoms with Gasteiger partial charge in [0.2, 0.25) is 0 Å². The summed E-state index contributed by atoms with van der Waals surface area (Å²) in [5.41, 5.74) is 2.57. The molecule has 4 nitrogen and oxygen atoms in total. The van der Waals surface area contributed by atoms with Crippen molar-refractivity contribution in [2.75, 3.05) is 26.3 Å². The average Bonchev–Trinajstić information content (AvgIpc) is 2.84. The van der Waals surface area contributed by atoms with Crippen molar-refractivity contribution in [3.8, 4) is 0 Å². The van der Waals surface area contributed by atoms with Gasteiger partial charge in [0, 0.05) is 17.6 Å². The van der Waals surface area contributed by atoms with Crippen molar-refractivity contribution in [3.63, 3.8) is 0 Å². The lowest BCUT2D eigenvalue weighted by atomic mass is 10.1. The fourth-order valence-corrected chi connectivity index (χ4v) is 3.35. The number of urea groups is 1. The molecule has 0 unspecified atom stereocenters. The number of nitrogens with zero attached hydrogens (tertiary/aromatic N) is 1. The number of nitrogens with one attached hydrogen (secondary N) is 1. The number of carbonyl (C=O) groups excluding carboxylic acids is 1. The monoisotopic (exact) mass is 324 g/mol. The molecular weight excluding hydrogens is 308 g/mol. The first kappa shape index (κ1) is 12.9. The second-order valence-electron chi connectivity index (χ2n) is 4.95. The molecule has 1 saturated heterocycles. The third kappa shape index (κ3) is 2.62. The first-order valence-electron chi connectivity index (χ1n) is 6.66. The van der Waals surface area contributed by atoms with E-state index in [-0.39, 0.29) is 12.1 Å². The molecule has 2 aliphatic rings. The minimum Gasteiger partial charge on any atom is -0.378 e. The van der Waals surface area contributed by atoms with Crippen LogP contribution < -0.4 is 5.32 Å².